The maximum absolute atomic E-state index is 13.3. The number of benzene rings is 1. The lowest BCUT2D eigenvalue weighted by Crippen LogP contribution is -2.58. The molecule has 1 heterocycles. The van der Waals surface area contributed by atoms with Crippen LogP contribution in [-0.4, -0.2) is 60.5 Å². The summed E-state index contributed by atoms with van der Waals surface area (Å²) < 4.78 is 0. The minimum absolute atomic E-state index is 0.0540. The van der Waals surface area contributed by atoms with Crippen molar-refractivity contribution in [2.75, 3.05) is 38.0 Å². The highest BCUT2D eigenvalue weighted by molar-refractivity contribution is 5.95. The summed E-state index contributed by atoms with van der Waals surface area (Å²) in [5, 5.41) is 6.00. The van der Waals surface area contributed by atoms with Crippen molar-refractivity contribution in [1.82, 2.24) is 15.1 Å². The zero-order valence-corrected chi connectivity index (χ0v) is 18.4. The van der Waals surface area contributed by atoms with Crippen LogP contribution in [0.2, 0.25) is 0 Å². The van der Waals surface area contributed by atoms with Crippen LogP contribution in [0, 0.1) is 5.92 Å². The smallest absolute Gasteiger partial charge is 0.317 e. The number of anilines is 1. The molecule has 1 atom stereocenters. The summed E-state index contributed by atoms with van der Waals surface area (Å²) in [5.41, 5.74) is 2.13. The maximum Gasteiger partial charge on any atom is 0.317 e. The van der Waals surface area contributed by atoms with E-state index in [4.69, 9.17) is 0 Å². The van der Waals surface area contributed by atoms with Gasteiger partial charge in [-0.1, -0.05) is 44.9 Å². The largest absolute Gasteiger partial charge is 0.335 e. The number of rotatable bonds is 7. The van der Waals surface area contributed by atoms with E-state index < -0.39 is 0 Å². The third kappa shape index (κ3) is 5.63. The molecule has 2 aliphatic rings. The summed E-state index contributed by atoms with van der Waals surface area (Å²) >= 11 is 0. The predicted octanol–water partition coefficient (Wildman–Crippen LogP) is 3.82. The number of amides is 3. The Morgan fingerprint density at radius 3 is 2.30 bits per heavy atom. The van der Waals surface area contributed by atoms with Gasteiger partial charge in [0.2, 0.25) is 5.91 Å². The summed E-state index contributed by atoms with van der Waals surface area (Å²) in [5.74, 6) is 0.950. The van der Waals surface area contributed by atoms with E-state index >= 15 is 0 Å². The van der Waals surface area contributed by atoms with Crippen molar-refractivity contribution in [2.24, 2.45) is 5.92 Å². The van der Waals surface area contributed by atoms with Crippen molar-refractivity contribution in [2.45, 2.75) is 51.5 Å². The van der Waals surface area contributed by atoms with Gasteiger partial charge in [-0.2, -0.15) is 0 Å². The maximum atomic E-state index is 13.3. The average Bonchev–Trinajstić information content (AvgIpc) is 3.27. The molecule has 3 rings (SSSR count). The van der Waals surface area contributed by atoms with Crippen LogP contribution >= 0.6 is 0 Å². The van der Waals surface area contributed by atoms with Crippen molar-refractivity contribution in [3.05, 3.63) is 42.5 Å². The molecule has 6 nitrogen and oxygen atoms in total. The van der Waals surface area contributed by atoms with Crippen LogP contribution in [0.15, 0.2) is 36.9 Å². The number of hydrogen-bond acceptors (Lipinski definition) is 3. The number of urea groups is 1. The van der Waals surface area contributed by atoms with Crippen LogP contribution in [-0.2, 0) is 4.79 Å². The lowest BCUT2D eigenvalue weighted by Gasteiger charge is -2.40. The van der Waals surface area contributed by atoms with Crippen molar-refractivity contribution in [3.8, 4) is 0 Å². The number of carbonyl (C=O) groups excluding carboxylic acids is 2. The topological polar surface area (TPSA) is 64.7 Å². The Hall–Kier alpha value is -2.34. The van der Waals surface area contributed by atoms with Gasteiger partial charge in [0.25, 0.3) is 0 Å². The van der Waals surface area contributed by atoms with Gasteiger partial charge in [0, 0.05) is 38.4 Å². The lowest BCUT2D eigenvalue weighted by atomic mass is 9.94. The first-order valence-corrected chi connectivity index (χ1v) is 11.3. The number of nitrogens with zero attached hydrogens (tertiary/aromatic N) is 2. The van der Waals surface area contributed by atoms with Gasteiger partial charge in [-0.25, -0.2) is 4.79 Å². The summed E-state index contributed by atoms with van der Waals surface area (Å²) in [7, 11) is 0. The molecule has 1 saturated carbocycles. The number of nitrogens with one attached hydrogen (secondary N) is 2. The molecule has 1 aromatic carbocycles. The Labute approximate surface area is 180 Å². The van der Waals surface area contributed by atoms with Crippen LogP contribution in [0.25, 0.3) is 0 Å². The van der Waals surface area contributed by atoms with Gasteiger partial charge in [-0.15, -0.1) is 6.58 Å². The number of hydrogen-bond donors (Lipinski definition) is 2. The van der Waals surface area contributed by atoms with Crippen molar-refractivity contribution < 1.29 is 9.59 Å². The van der Waals surface area contributed by atoms with Gasteiger partial charge in [-0.05, 0) is 42.4 Å². The first kappa shape index (κ1) is 22.3. The quantitative estimate of drug-likeness (QED) is 0.669. The molecule has 30 heavy (non-hydrogen) atoms. The second kappa shape index (κ2) is 10.6. The first-order valence-electron chi connectivity index (χ1n) is 11.3. The molecule has 1 aliphatic heterocycles. The van der Waals surface area contributed by atoms with Crippen molar-refractivity contribution in [1.29, 1.82) is 0 Å². The Morgan fingerprint density at radius 2 is 1.73 bits per heavy atom. The van der Waals surface area contributed by atoms with E-state index in [0.717, 1.165) is 31.6 Å². The van der Waals surface area contributed by atoms with Gasteiger partial charge in [0.05, 0.1) is 6.04 Å². The minimum atomic E-state index is -0.129. The number of carbonyl (C=O) groups is 2. The van der Waals surface area contributed by atoms with E-state index in [1.807, 2.05) is 17.0 Å². The summed E-state index contributed by atoms with van der Waals surface area (Å²) in [6.07, 6.45) is 6.28. The van der Waals surface area contributed by atoms with E-state index in [0.29, 0.717) is 31.5 Å². The van der Waals surface area contributed by atoms with E-state index in [1.165, 1.54) is 18.4 Å². The Bertz CT molecular complexity index is 717. The molecule has 1 aromatic rings. The molecule has 0 unspecified atom stereocenters. The standard InChI is InChI=1S/C24H36N4O2/c1-4-13-25-24(30)28-16-14-27(15-17-28)22(20-7-5-6-8-20)23(29)26-21-11-9-19(10-12-21)18(2)3/h4,9-12,18,20,22H,1,5-8,13-17H2,2-3H3,(H,25,30)(H,26,29)/t22-/m1/s1. The van der Waals surface area contributed by atoms with Gasteiger partial charge in [0.1, 0.15) is 0 Å². The third-order valence-electron chi connectivity index (χ3n) is 6.35. The molecule has 6 heteroatoms. The van der Waals surface area contributed by atoms with Gasteiger partial charge in [-0.3, -0.25) is 9.69 Å². The Balaban J connectivity index is 1.64. The summed E-state index contributed by atoms with van der Waals surface area (Å²) in [4.78, 5) is 29.6. The van der Waals surface area contributed by atoms with Crippen LogP contribution in [0.5, 0.6) is 0 Å². The molecule has 0 radical (unpaired) electrons. The summed E-state index contributed by atoms with van der Waals surface area (Å²) in [6.45, 7) is 11.2. The third-order valence-corrected chi connectivity index (χ3v) is 6.35. The van der Waals surface area contributed by atoms with E-state index in [9.17, 15) is 9.59 Å². The molecule has 2 N–H and O–H groups in total. The second-order valence-corrected chi connectivity index (χ2v) is 8.75. The number of piperazine rings is 1. The van der Waals surface area contributed by atoms with Gasteiger partial charge >= 0.3 is 6.03 Å². The molecular weight excluding hydrogens is 376 g/mol. The minimum Gasteiger partial charge on any atom is -0.335 e. The van der Waals surface area contributed by atoms with Gasteiger partial charge < -0.3 is 15.5 Å². The molecular formula is C24H36N4O2. The van der Waals surface area contributed by atoms with E-state index in [-0.39, 0.29) is 18.0 Å². The normalized spacial score (nSPS) is 19.0. The lowest BCUT2D eigenvalue weighted by molar-refractivity contribution is -0.123. The Morgan fingerprint density at radius 1 is 1.10 bits per heavy atom. The predicted molar refractivity (Wildman–Crippen MR) is 122 cm³/mol. The molecule has 1 saturated heterocycles. The highest BCUT2D eigenvalue weighted by Crippen LogP contribution is 2.31. The van der Waals surface area contributed by atoms with E-state index in [2.05, 4.69) is 48.1 Å². The average molecular weight is 413 g/mol. The molecule has 0 bridgehead atoms. The molecule has 0 aromatic heterocycles. The highest BCUT2D eigenvalue weighted by atomic mass is 16.2. The molecule has 0 spiro atoms. The fourth-order valence-corrected chi connectivity index (χ4v) is 4.59. The fraction of sp³-hybridized carbons (Fsp3) is 0.583. The molecule has 164 valence electrons. The first-order chi connectivity index (χ1) is 14.5. The van der Waals surface area contributed by atoms with Crippen molar-refractivity contribution >= 4 is 17.6 Å². The van der Waals surface area contributed by atoms with Crippen molar-refractivity contribution in [3.63, 3.8) is 0 Å². The van der Waals surface area contributed by atoms with Crippen LogP contribution in [0.4, 0.5) is 10.5 Å². The summed E-state index contributed by atoms with van der Waals surface area (Å²) in [6, 6.07) is 8.00. The van der Waals surface area contributed by atoms with Crippen LogP contribution in [0.1, 0.15) is 51.0 Å². The Kier molecular flexibility index (Phi) is 7.91. The monoisotopic (exact) mass is 412 g/mol. The highest BCUT2D eigenvalue weighted by Gasteiger charge is 2.37. The molecule has 1 aliphatic carbocycles. The van der Waals surface area contributed by atoms with E-state index in [1.54, 1.807) is 6.08 Å². The second-order valence-electron chi connectivity index (χ2n) is 8.75. The zero-order valence-electron chi connectivity index (χ0n) is 18.4. The SMILES string of the molecule is C=CCNC(=O)N1CCN([C@@H](C(=O)Nc2ccc(C(C)C)cc2)C2CCCC2)CC1. The zero-order chi connectivity index (χ0) is 21.5. The van der Waals surface area contributed by atoms with Crippen LogP contribution < -0.4 is 10.6 Å². The van der Waals surface area contributed by atoms with Gasteiger partial charge in [0.15, 0.2) is 0 Å². The molecule has 2 fully saturated rings. The fourth-order valence-electron chi connectivity index (χ4n) is 4.59. The molecule has 3 amide bonds. The van der Waals surface area contributed by atoms with Crippen LogP contribution in [0.3, 0.4) is 0 Å².